The highest BCUT2D eigenvalue weighted by atomic mass is 16.5. The van der Waals surface area contributed by atoms with E-state index in [4.69, 9.17) is 4.74 Å². The molecule has 0 aliphatic carbocycles. The van der Waals surface area contributed by atoms with Gasteiger partial charge in [0.15, 0.2) is 0 Å². The standard InChI is InChI=1S/C25H36N2O2/c1-4-20(3)25(19-26-24(28)29-5-2,15-18-27-16-8-9-17-27)23-14-10-12-21-11-6-7-13-22(21)23/h6-7,10-14,20H,4-5,8-9,15-19H2,1-3H3,(H,26,28). The molecule has 0 radical (unpaired) electrons. The van der Waals surface area contributed by atoms with E-state index in [-0.39, 0.29) is 11.5 Å². The predicted molar refractivity (Wildman–Crippen MR) is 120 cm³/mol. The maximum Gasteiger partial charge on any atom is 0.407 e. The van der Waals surface area contributed by atoms with Crippen LogP contribution in [0.1, 0.15) is 52.0 Å². The van der Waals surface area contributed by atoms with Gasteiger partial charge < -0.3 is 15.0 Å². The molecule has 1 fully saturated rings. The average molecular weight is 397 g/mol. The number of nitrogens with one attached hydrogen (secondary N) is 1. The van der Waals surface area contributed by atoms with Gasteiger partial charge in [-0.25, -0.2) is 4.79 Å². The number of amides is 1. The second-order valence-corrected chi connectivity index (χ2v) is 8.36. The Bertz CT molecular complexity index is 795. The van der Waals surface area contributed by atoms with Crippen LogP contribution in [0.25, 0.3) is 10.8 Å². The molecular weight excluding hydrogens is 360 g/mol. The molecule has 4 heteroatoms. The van der Waals surface area contributed by atoms with Gasteiger partial charge in [0, 0.05) is 12.0 Å². The van der Waals surface area contributed by atoms with Crippen molar-refractivity contribution in [3.8, 4) is 0 Å². The first-order valence-corrected chi connectivity index (χ1v) is 11.2. The summed E-state index contributed by atoms with van der Waals surface area (Å²) < 4.78 is 5.19. The molecule has 2 atom stereocenters. The van der Waals surface area contributed by atoms with Crippen LogP contribution in [0, 0.1) is 5.92 Å². The van der Waals surface area contributed by atoms with E-state index in [9.17, 15) is 4.79 Å². The lowest BCUT2D eigenvalue weighted by Crippen LogP contribution is -2.47. The molecule has 1 N–H and O–H groups in total. The van der Waals surface area contributed by atoms with E-state index in [1.807, 2.05) is 6.92 Å². The van der Waals surface area contributed by atoms with E-state index in [0.29, 0.717) is 19.1 Å². The van der Waals surface area contributed by atoms with Gasteiger partial charge >= 0.3 is 6.09 Å². The first kappa shape index (κ1) is 21.6. The minimum Gasteiger partial charge on any atom is -0.450 e. The van der Waals surface area contributed by atoms with Gasteiger partial charge in [0.1, 0.15) is 0 Å². The fraction of sp³-hybridized carbons (Fsp3) is 0.560. The number of carbonyl (C=O) groups excluding carboxylic acids is 1. The van der Waals surface area contributed by atoms with Crippen LogP contribution in [-0.2, 0) is 10.2 Å². The Balaban J connectivity index is 2.01. The number of rotatable bonds is 9. The van der Waals surface area contributed by atoms with Gasteiger partial charge in [-0.2, -0.15) is 0 Å². The van der Waals surface area contributed by atoms with Gasteiger partial charge in [-0.1, -0.05) is 62.7 Å². The summed E-state index contributed by atoms with van der Waals surface area (Å²) in [6.45, 7) is 10.9. The van der Waals surface area contributed by atoms with Gasteiger partial charge in [-0.3, -0.25) is 0 Å². The maximum absolute atomic E-state index is 12.2. The Kier molecular flexibility index (Phi) is 7.54. The largest absolute Gasteiger partial charge is 0.450 e. The number of hydrogen-bond acceptors (Lipinski definition) is 3. The third-order valence-corrected chi connectivity index (χ3v) is 6.78. The van der Waals surface area contributed by atoms with Crippen molar-refractivity contribution < 1.29 is 9.53 Å². The Morgan fingerprint density at radius 2 is 1.86 bits per heavy atom. The minimum absolute atomic E-state index is 0.134. The normalized spacial score (nSPS) is 17.8. The molecule has 1 aliphatic rings. The number of carbonyl (C=O) groups is 1. The van der Waals surface area contributed by atoms with Crippen LogP contribution < -0.4 is 5.32 Å². The summed E-state index contributed by atoms with van der Waals surface area (Å²) in [5.41, 5.74) is 1.21. The maximum atomic E-state index is 12.2. The monoisotopic (exact) mass is 396 g/mol. The SMILES string of the molecule is CCOC(=O)NCC(CCN1CCCC1)(c1cccc2ccccc12)C(C)CC. The highest BCUT2D eigenvalue weighted by molar-refractivity contribution is 5.86. The Hall–Kier alpha value is -2.07. The molecule has 1 amide bonds. The van der Waals surface area contributed by atoms with E-state index < -0.39 is 0 Å². The predicted octanol–water partition coefficient (Wildman–Crippen LogP) is 5.36. The van der Waals surface area contributed by atoms with E-state index in [1.54, 1.807) is 0 Å². The minimum atomic E-state index is -0.318. The molecule has 158 valence electrons. The van der Waals surface area contributed by atoms with Gasteiger partial charge in [0.2, 0.25) is 0 Å². The van der Waals surface area contributed by atoms with Crippen molar-refractivity contribution >= 4 is 16.9 Å². The lowest BCUT2D eigenvalue weighted by Gasteiger charge is -2.41. The van der Waals surface area contributed by atoms with Crippen LogP contribution in [0.5, 0.6) is 0 Å². The number of fused-ring (bicyclic) bond motifs is 1. The van der Waals surface area contributed by atoms with Crippen molar-refractivity contribution in [3.05, 3.63) is 48.0 Å². The zero-order valence-corrected chi connectivity index (χ0v) is 18.2. The Labute approximate surface area is 175 Å². The van der Waals surface area contributed by atoms with Crippen LogP contribution in [0.15, 0.2) is 42.5 Å². The summed E-state index contributed by atoms with van der Waals surface area (Å²) in [6.07, 6.45) is 4.37. The molecule has 4 nitrogen and oxygen atoms in total. The quantitative estimate of drug-likeness (QED) is 0.621. The molecule has 2 aromatic carbocycles. The van der Waals surface area contributed by atoms with Crippen molar-refractivity contribution in [3.63, 3.8) is 0 Å². The molecule has 0 spiro atoms. The topological polar surface area (TPSA) is 41.6 Å². The van der Waals surface area contributed by atoms with E-state index in [1.165, 1.54) is 42.3 Å². The number of benzene rings is 2. The average Bonchev–Trinajstić information content (AvgIpc) is 3.27. The molecule has 3 rings (SSSR count). The van der Waals surface area contributed by atoms with E-state index >= 15 is 0 Å². The molecule has 0 aromatic heterocycles. The number of nitrogens with zero attached hydrogens (tertiary/aromatic N) is 1. The number of likely N-dealkylation sites (tertiary alicyclic amines) is 1. The van der Waals surface area contributed by atoms with Gasteiger partial charge in [-0.05, 0) is 68.1 Å². The van der Waals surface area contributed by atoms with Crippen LogP contribution >= 0.6 is 0 Å². The molecule has 0 bridgehead atoms. The second-order valence-electron chi connectivity index (χ2n) is 8.36. The van der Waals surface area contributed by atoms with Crippen molar-refractivity contribution in [1.29, 1.82) is 0 Å². The fourth-order valence-corrected chi connectivity index (χ4v) is 4.83. The summed E-state index contributed by atoms with van der Waals surface area (Å²) in [5.74, 6) is 0.429. The second kappa shape index (κ2) is 10.1. The lowest BCUT2D eigenvalue weighted by molar-refractivity contribution is 0.142. The van der Waals surface area contributed by atoms with Gasteiger partial charge in [0.25, 0.3) is 0 Å². The molecule has 1 heterocycles. The highest BCUT2D eigenvalue weighted by Crippen LogP contribution is 2.41. The Morgan fingerprint density at radius 3 is 2.59 bits per heavy atom. The number of ether oxygens (including phenoxy) is 1. The third-order valence-electron chi connectivity index (χ3n) is 6.78. The first-order valence-electron chi connectivity index (χ1n) is 11.2. The van der Waals surface area contributed by atoms with Crippen LogP contribution in [0.3, 0.4) is 0 Å². The highest BCUT2D eigenvalue weighted by Gasteiger charge is 2.39. The van der Waals surface area contributed by atoms with Gasteiger partial charge in [-0.15, -0.1) is 0 Å². The van der Waals surface area contributed by atoms with Crippen LogP contribution in [0.2, 0.25) is 0 Å². The molecule has 1 aliphatic heterocycles. The van der Waals surface area contributed by atoms with E-state index in [0.717, 1.165) is 19.4 Å². The zero-order chi connectivity index (χ0) is 20.7. The van der Waals surface area contributed by atoms with Gasteiger partial charge in [0.05, 0.1) is 6.61 Å². The molecule has 2 unspecified atom stereocenters. The fourth-order valence-electron chi connectivity index (χ4n) is 4.83. The smallest absolute Gasteiger partial charge is 0.407 e. The molecule has 0 saturated carbocycles. The zero-order valence-electron chi connectivity index (χ0n) is 18.2. The molecule has 1 saturated heterocycles. The third kappa shape index (κ3) is 4.92. The summed E-state index contributed by atoms with van der Waals surface area (Å²) in [6, 6.07) is 15.2. The van der Waals surface area contributed by atoms with Crippen LogP contribution in [-0.4, -0.2) is 43.8 Å². The van der Waals surface area contributed by atoms with Crippen molar-refractivity contribution in [1.82, 2.24) is 10.2 Å². The summed E-state index contributed by atoms with van der Waals surface area (Å²) >= 11 is 0. The Morgan fingerprint density at radius 1 is 1.14 bits per heavy atom. The van der Waals surface area contributed by atoms with Crippen molar-refractivity contribution in [2.45, 2.75) is 51.9 Å². The lowest BCUT2D eigenvalue weighted by atomic mass is 9.66. The van der Waals surface area contributed by atoms with Crippen molar-refractivity contribution in [2.75, 3.05) is 32.8 Å². The van der Waals surface area contributed by atoms with Crippen molar-refractivity contribution in [2.24, 2.45) is 5.92 Å². The van der Waals surface area contributed by atoms with E-state index in [2.05, 4.69) is 66.5 Å². The van der Waals surface area contributed by atoms with Crippen LogP contribution in [0.4, 0.5) is 4.79 Å². The number of hydrogen-bond donors (Lipinski definition) is 1. The first-order chi connectivity index (χ1) is 14.1. The number of alkyl carbamates (subject to hydrolysis) is 1. The summed E-state index contributed by atoms with van der Waals surface area (Å²) in [5, 5.41) is 5.65. The molecule has 2 aromatic rings. The molecular formula is C25H36N2O2. The molecule has 29 heavy (non-hydrogen) atoms. The summed E-state index contributed by atoms with van der Waals surface area (Å²) in [7, 11) is 0. The summed E-state index contributed by atoms with van der Waals surface area (Å²) in [4.78, 5) is 14.8.